The molecule has 0 aliphatic carbocycles. The molecule has 0 fully saturated rings. The fourth-order valence-corrected chi connectivity index (χ4v) is 0.692. The Bertz CT molecular complexity index is 101. The van der Waals surface area contributed by atoms with Gasteiger partial charge in [0.05, 0.1) is 0 Å². The van der Waals surface area contributed by atoms with Crippen LogP contribution in [0.2, 0.25) is 0 Å². The van der Waals surface area contributed by atoms with E-state index in [1.54, 1.807) is 0 Å². The van der Waals surface area contributed by atoms with Gasteiger partial charge in [-0.05, 0) is 18.8 Å². The van der Waals surface area contributed by atoms with Crippen LogP contribution < -0.4 is 0 Å². The standard InChI is InChI=1S/C10H18/c1-4-6-7-8-9-10(3)5-2/h5,7-8,10H,2,4,6,9H2,1,3H3/b8-7+. The topological polar surface area (TPSA) is 0 Å². The van der Waals surface area contributed by atoms with Crippen LogP contribution in [-0.4, -0.2) is 0 Å². The molecule has 0 aromatic heterocycles. The van der Waals surface area contributed by atoms with E-state index in [0.717, 1.165) is 6.42 Å². The Morgan fingerprint density at radius 2 is 2.10 bits per heavy atom. The number of hydrogen-bond acceptors (Lipinski definition) is 0. The van der Waals surface area contributed by atoms with E-state index < -0.39 is 0 Å². The van der Waals surface area contributed by atoms with Gasteiger partial charge >= 0.3 is 0 Å². The summed E-state index contributed by atoms with van der Waals surface area (Å²) in [6, 6.07) is 0. The molecule has 0 radical (unpaired) electrons. The van der Waals surface area contributed by atoms with Gasteiger partial charge in [-0.25, -0.2) is 0 Å². The second-order valence-electron chi connectivity index (χ2n) is 2.71. The van der Waals surface area contributed by atoms with Crippen LogP contribution in [0.1, 0.15) is 33.1 Å². The first-order chi connectivity index (χ1) is 4.81. The predicted octanol–water partition coefficient (Wildman–Crippen LogP) is 3.55. The molecule has 0 aliphatic heterocycles. The van der Waals surface area contributed by atoms with Crippen molar-refractivity contribution >= 4 is 0 Å². The molecule has 10 heavy (non-hydrogen) atoms. The lowest BCUT2D eigenvalue weighted by Crippen LogP contribution is -1.83. The smallest absolute Gasteiger partial charge is 0.0230 e. The van der Waals surface area contributed by atoms with Crippen LogP contribution in [0.3, 0.4) is 0 Å². The van der Waals surface area contributed by atoms with Gasteiger partial charge in [0, 0.05) is 0 Å². The summed E-state index contributed by atoms with van der Waals surface area (Å²) >= 11 is 0. The first-order valence-corrected chi connectivity index (χ1v) is 4.08. The van der Waals surface area contributed by atoms with Crippen LogP contribution in [0.4, 0.5) is 0 Å². The molecule has 1 atom stereocenters. The second kappa shape index (κ2) is 6.60. The van der Waals surface area contributed by atoms with Gasteiger partial charge in [-0.1, -0.05) is 38.5 Å². The predicted molar refractivity (Wildman–Crippen MR) is 48.0 cm³/mol. The lowest BCUT2D eigenvalue weighted by atomic mass is 10.1. The highest BCUT2D eigenvalue weighted by Gasteiger charge is 1.88. The monoisotopic (exact) mass is 138 g/mol. The summed E-state index contributed by atoms with van der Waals surface area (Å²) in [4.78, 5) is 0. The van der Waals surface area contributed by atoms with Crippen molar-refractivity contribution in [2.75, 3.05) is 0 Å². The normalized spacial score (nSPS) is 13.8. The van der Waals surface area contributed by atoms with Gasteiger partial charge < -0.3 is 0 Å². The van der Waals surface area contributed by atoms with Gasteiger partial charge in [0.15, 0.2) is 0 Å². The first kappa shape index (κ1) is 9.48. The molecule has 0 aromatic carbocycles. The maximum Gasteiger partial charge on any atom is -0.0230 e. The van der Waals surface area contributed by atoms with Gasteiger partial charge in [0.25, 0.3) is 0 Å². The van der Waals surface area contributed by atoms with E-state index in [0.29, 0.717) is 5.92 Å². The van der Waals surface area contributed by atoms with Gasteiger partial charge in [-0.2, -0.15) is 0 Å². The highest BCUT2D eigenvalue weighted by Crippen LogP contribution is 2.03. The summed E-state index contributed by atoms with van der Waals surface area (Å²) in [6.07, 6.45) is 10.1. The van der Waals surface area contributed by atoms with Gasteiger partial charge in [-0.3, -0.25) is 0 Å². The van der Waals surface area contributed by atoms with E-state index in [4.69, 9.17) is 0 Å². The molecule has 0 spiro atoms. The molecular weight excluding hydrogens is 120 g/mol. The maximum atomic E-state index is 3.73. The summed E-state index contributed by atoms with van der Waals surface area (Å²) in [6.45, 7) is 8.11. The Morgan fingerprint density at radius 1 is 1.40 bits per heavy atom. The third kappa shape index (κ3) is 5.61. The van der Waals surface area contributed by atoms with E-state index in [9.17, 15) is 0 Å². The van der Waals surface area contributed by atoms with Crippen LogP contribution >= 0.6 is 0 Å². The molecule has 0 rings (SSSR count). The van der Waals surface area contributed by atoms with E-state index in [1.807, 2.05) is 6.08 Å². The van der Waals surface area contributed by atoms with E-state index in [-0.39, 0.29) is 0 Å². The molecule has 0 saturated carbocycles. The summed E-state index contributed by atoms with van der Waals surface area (Å²) in [5.41, 5.74) is 0. The Hall–Kier alpha value is -0.520. The molecular formula is C10H18. The number of rotatable bonds is 5. The lowest BCUT2D eigenvalue weighted by Gasteiger charge is -1.97. The highest BCUT2D eigenvalue weighted by atomic mass is 13.9. The molecule has 0 bridgehead atoms. The van der Waals surface area contributed by atoms with Crippen molar-refractivity contribution in [3.63, 3.8) is 0 Å². The Balaban J connectivity index is 3.24. The molecule has 0 N–H and O–H groups in total. The van der Waals surface area contributed by atoms with Crippen molar-refractivity contribution in [1.82, 2.24) is 0 Å². The number of allylic oxidation sites excluding steroid dienone is 3. The Kier molecular flexibility index (Phi) is 6.25. The first-order valence-electron chi connectivity index (χ1n) is 4.08. The summed E-state index contributed by atoms with van der Waals surface area (Å²) in [5.74, 6) is 0.633. The van der Waals surface area contributed by atoms with E-state index in [1.165, 1.54) is 12.8 Å². The minimum atomic E-state index is 0.633. The largest absolute Gasteiger partial charge is 0.103 e. The van der Waals surface area contributed by atoms with Gasteiger partial charge in [0.2, 0.25) is 0 Å². The molecule has 0 nitrogen and oxygen atoms in total. The quantitative estimate of drug-likeness (QED) is 0.510. The third-order valence-corrected chi connectivity index (χ3v) is 1.53. The number of unbranched alkanes of at least 4 members (excludes halogenated alkanes) is 1. The average Bonchev–Trinajstić information content (AvgIpc) is 1.98. The number of hydrogen-bond donors (Lipinski definition) is 0. The van der Waals surface area contributed by atoms with E-state index >= 15 is 0 Å². The van der Waals surface area contributed by atoms with Crippen LogP contribution in [0.25, 0.3) is 0 Å². The SMILES string of the molecule is C=CC(C)C/C=C/CCC. The van der Waals surface area contributed by atoms with Crippen molar-refractivity contribution < 1.29 is 0 Å². The zero-order valence-corrected chi connectivity index (χ0v) is 7.14. The van der Waals surface area contributed by atoms with Crippen LogP contribution in [0.5, 0.6) is 0 Å². The molecule has 0 amide bonds. The molecule has 0 aliphatic rings. The fourth-order valence-electron chi connectivity index (χ4n) is 0.692. The maximum absolute atomic E-state index is 3.73. The van der Waals surface area contributed by atoms with Crippen molar-refractivity contribution in [1.29, 1.82) is 0 Å². The van der Waals surface area contributed by atoms with Crippen molar-refractivity contribution in [2.45, 2.75) is 33.1 Å². The minimum absolute atomic E-state index is 0.633. The van der Waals surface area contributed by atoms with Crippen molar-refractivity contribution in [3.8, 4) is 0 Å². The molecule has 58 valence electrons. The van der Waals surface area contributed by atoms with Gasteiger partial charge in [0.1, 0.15) is 0 Å². The fraction of sp³-hybridized carbons (Fsp3) is 0.600. The van der Waals surface area contributed by atoms with Crippen LogP contribution in [0.15, 0.2) is 24.8 Å². The summed E-state index contributed by atoms with van der Waals surface area (Å²) in [5, 5.41) is 0. The molecule has 1 unspecified atom stereocenters. The van der Waals surface area contributed by atoms with Crippen LogP contribution in [-0.2, 0) is 0 Å². The highest BCUT2D eigenvalue weighted by molar-refractivity contribution is 4.87. The zero-order valence-electron chi connectivity index (χ0n) is 7.14. The molecule has 0 heteroatoms. The van der Waals surface area contributed by atoms with Gasteiger partial charge in [-0.15, -0.1) is 6.58 Å². The average molecular weight is 138 g/mol. The minimum Gasteiger partial charge on any atom is -0.103 e. The lowest BCUT2D eigenvalue weighted by molar-refractivity contribution is 0.743. The summed E-state index contributed by atoms with van der Waals surface area (Å²) < 4.78 is 0. The molecule has 0 saturated heterocycles. The molecule has 0 heterocycles. The second-order valence-corrected chi connectivity index (χ2v) is 2.71. The van der Waals surface area contributed by atoms with Crippen molar-refractivity contribution in [2.24, 2.45) is 5.92 Å². The molecule has 0 aromatic rings. The van der Waals surface area contributed by atoms with Crippen LogP contribution in [0, 0.1) is 5.92 Å². The third-order valence-electron chi connectivity index (χ3n) is 1.53. The Morgan fingerprint density at radius 3 is 2.60 bits per heavy atom. The summed E-state index contributed by atoms with van der Waals surface area (Å²) in [7, 11) is 0. The Labute approximate surface area is 64.6 Å². The van der Waals surface area contributed by atoms with Crippen molar-refractivity contribution in [3.05, 3.63) is 24.8 Å². The van der Waals surface area contributed by atoms with E-state index in [2.05, 4.69) is 32.6 Å². The zero-order chi connectivity index (χ0) is 7.82.